The number of aromatic nitrogens is 1. The molecule has 1 aromatic carbocycles. The molecule has 0 aliphatic heterocycles. The van der Waals surface area contributed by atoms with Crippen molar-refractivity contribution in [2.45, 2.75) is 38.7 Å². The first-order valence-corrected chi connectivity index (χ1v) is 8.23. The molecule has 1 aliphatic rings. The number of aliphatic hydroxyl groups excluding tert-OH is 1. The zero-order valence-electron chi connectivity index (χ0n) is 13.6. The van der Waals surface area contributed by atoms with Crippen LogP contribution in [0.2, 0.25) is 0 Å². The molecular formula is C18H21FN2O3. The molecule has 1 aromatic heterocycles. The fourth-order valence-electron chi connectivity index (χ4n) is 3.42. The Kier molecular flexibility index (Phi) is 4.66. The Hall–Kier alpha value is -2.21. The second-order valence-electron chi connectivity index (χ2n) is 6.57. The molecule has 1 saturated carbocycles. The van der Waals surface area contributed by atoms with Gasteiger partial charge >= 0.3 is 0 Å². The van der Waals surface area contributed by atoms with Crippen LogP contribution >= 0.6 is 0 Å². The monoisotopic (exact) mass is 332 g/mol. The third-order valence-corrected chi connectivity index (χ3v) is 4.70. The number of aromatic amines is 1. The van der Waals surface area contributed by atoms with E-state index in [4.69, 9.17) is 0 Å². The number of rotatable bonds is 3. The molecule has 1 amide bonds. The molecule has 2 aromatic rings. The molecule has 0 saturated heterocycles. The largest absolute Gasteiger partial charge is 0.393 e. The summed E-state index contributed by atoms with van der Waals surface area (Å²) in [6, 6.07) is 2.49. The van der Waals surface area contributed by atoms with Crippen LogP contribution in [0.1, 0.15) is 41.6 Å². The molecule has 2 unspecified atom stereocenters. The summed E-state index contributed by atoms with van der Waals surface area (Å²) in [5, 5.41) is 12.6. The molecule has 0 radical (unpaired) electrons. The van der Waals surface area contributed by atoms with E-state index in [1.807, 2.05) is 0 Å². The van der Waals surface area contributed by atoms with Crippen molar-refractivity contribution < 1.29 is 14.3 Å². The first kappa shape index (κ1) is 16.6. The number of pyridine rings is 1. The molecule has 6 heteroatoms. The summed E-state index contributed by atoms with van der Waals surface area (Å²) in [5.41, 5.74) is 0.648. The van der Waals surface area contributed by atoms with Crippen LogP contribution in [0.3, 0.4) is 0 Å². The highest BCUT2D eigenvalue weighted by atomic mass is 19.1. The Morgan fingerprint density at radius 2 is 2.21 bits per heavy atom. The van der Waals surface area contributed by atoms with E-state index in [2.05, 4.69) is 10.3 Å². The van der Waals surface area contributed by atoms with Crippen molar-refractivity contribution in [1.82, 2.24) is 10.3 Å². The molecule has 24 heavy (non-hydrogen) atoms. The smallest absolute Gasteiger partial charge is 0.256 e. The maximum atomic E-state index is 13.6. The van der Waals surface area contributed by atoms with E-state index in [0.29, 0.717) is 24.0 Å². The van der Waals surface area contributed by atoms with Crippen LogP contribution in [0, 0.1) is 18.7 Å². The Morgan fingerprint density at radius 1 is 1.42 bits per heavy atom. The number of amides is 1. The first-order chi connectivity index (χ1) is 11.5. The van der Waals surface area contributed by atoms with Gasteiger partial charge < -0.3 is 15.4 Å². The maximum Gasteiger partial charge on any atom is 0.256 e. The summed E-state index contributed by atoms with van der Waals surface area (Å²) in [6.07, 6.45) is 4.43. The quantitative estimate of drug-likeness (QED) is 0.806. The van der Waals surface area contributed by atoms with Crippen LogP contribution in [-0.4, -0.2) is 28.6 Å². The highest BCUT2D eigenvalue weighted by molar-refractivity contribution is 5.97. The van der Waals surface area contributed by atoms with Crippen molar-refractivity contribution in [3.8, 4) is 0 Å². The third kappa shape index (κ3) is 3.33. The predicted molar refractivity (Wildman–Crippen MR) is 89.6 cm³/mol. The van der Waals surface area contributed by atoms with Crippen LogP contribution in [-0.2, 0) is 0 Å². The Labute approximate surface area is 138 Å². The lowest BCUT2D eigenvalue weighted by Crippen LogP contribution is -2.35. The van der Waals surface area contributed by atoms with E-state index in [1.54, 1.807) is 6.92 Å². The minimum absolute atomic E-state index is 0.0242. The fourth-order valence-corrected chi connectivity index (χ4v) is 3.42. The van der Waals surface area contributed by atoms with Gasteiger partial charge in [-0.25, -0.2) is 4.39 Å². The summed E-state index contributed by atoms with van der Waals surface area (Å²) < 4.78 is 13.6. The lowest BCUT2D eigenvalue weighted by atomic mass is 9.87. The van der Waals surface area contributed by atoms with Gasteiger partial charge in [-0.2, -0.15) is 0 Å². The minimum Gasteiger partial charge on any atom is -0.393 e. The highest BCUT2D eigenvalue weighted by Gasteiger charge is 2.21. The number of carbonyl (C=O) groups excluding carboxylic acids is 1. The number of aliphatic hydroxyl groups is 1. The van der Waals surface area contributed by atoms with Crippen molar-refractivity contribution in [1.29, 1.82) is 0 Å². The van der Waals surface area contributed by atoms with E-state index in [0.717, 1.165) is 25.3 Å². The molecule has 3 rings (SSSR count). The summed E-state index contributed by atoms with van der Waals surface area (Å²) in [4.78, 5) is 27.7. The molecule has 5 nitrogen and oxygen atoms in total. The van der Waals surface area contributed by atoms with E-state index in [-0.39, 0.29) is 23.0 Å². The van der Waals surface area contributed by atoms with Gasteiger partial charge in [-0.05, 0) is 49.8 Å². The summed E-state index contributed by atoms with van der Waals surface area (Å²) in [5.74, 6) is -0.753. The molecule has 1 aliphatic carbocycles. The van der Waals surface area contributed by atoms with Crippen LogP contribution in [0.25, 0.3) is 10.9 Å². The summed E-state index contributed by atoms with van der Waals surface area (Å²) >= 11 is 0. The number of fused-ring (bicyclic) bond motifs is 1. The Bertz CT molecular complexity index is 831. The van der Waals surface area contributed by atoms with Gasteiger partial charge in [0, 0.05) is 18.1 Å². The molecule has 1 heterocycles. The van der Waals surface area contributed by atoms with Crippen molar-refractivity contribution in [3.05, 3.63) is 45.5 Å². The minimum atomic E-state index is -0.501. The van der Waals surface area contributed by atoms with Crippen LogP contribution in [0.5, 0.6) is 0 Å². The van der Waals surface area contributed by atoms with Gasteiger partial charge in [-0.15, -0.1) is 0 Å². The number of H-pyrrole nitrogens is 1. The van der Waals surface area contributed by atoms with Crippen molar-refractivity contribution in [2.75, 3.05) is 6.54 Å². The summed E-state index contributed by atoms with van der Waals surface area (Å²) in [7, 11) is 0. The number of hydrogen-bond acceptors (Lipinski definition) is 3. The summed E-state index contributed by atoms with van der Waals surface area (Å²) in [6.45, 7) is 2.13. The molecule has 0 bridgehead atoms. The van der Waals surface area contributed by atoms with Gasteiger partial charge in [0.05, 0.1) is 11.6 Å². The molecule has 1 fully saturated rings. The zero-order valence-corrected chi connectivity index (χ0v) is 13.6. The van der Waals surface area contributed by atoms with E-state index >= 15 is 0 Å². The predicted octanol–water partition coefficient (Wildman–Crippen LogP) is 2.26. The lowest BCUT2D eigenvalue weighted by molar-refractivity contribution is 0.0873. The SMILES string of the molecule is Cc1cc(F)cc2c(=O)c(C(=O)NCC3CCCC(O)C3)c[nH]c12. The molecule has 128 valence electrons. The molecule has 0 spiro atoms. The van der Waals surface area contributed by atoms with Crippen LogP contribution in [0.4, 0.5) is 4.39 Å². The number of aryl methyl sites for hydroxylation is 1. The standard InChI is InChI=1S/C18H21FN2O3/c1-10-5-12(19)7-14-16(10)20-9-15(17(14)23)18(24)21-8-11-3-2-4-13(22)6-11/h5,7,9,11,13,22H,2-4,6,8H2,1H3,(H,20,23)(H,21,24). The average molecular weight is 332 g/mol. The number of nitrogens with one attached hydrogen (secondary N) is 2. The van der Waals surface area contributed by atoms with Crippen molar-refractivity contribution in [2.24, 2.45) is 5.92 Å². The number of carbonyl (C=O) groups is 1. The first-order valence-electron chi connectivity index (χ1n) is 8.23. The third-order valence-electron chi connectivity index (χ3n) is 4.70. The van der Waals surface area contributed by atoms with Gasteiger partial charge in [0.1, 0.15) is 11.4 Å². The van der Waals surface area contributed by atoms with Gasteiger partial charge in [-0.1, -0.05) is 6.42 Å². The number of hydrogen-bond donors (Lipinski definition) is 3. The molecular weight excluding hydrogens is 311 g/mol. The van der Waals surface area contributed by atoms with Gasteiger partial charge in [0.2, 0.25) is 5.43 Å². The van der Waals surface area contributed by atoms with E-state index < -0.39 is 17.2 Å². The van der Waals surface area contributed by atoms with Gasteiger partial charge in [0.15, 0.2) is 0 Å². The fraction of sp³-hybridized carbons (Fsp3) is 0.444. The maximum absolute atomic E-state index is 13.6. The average Bonchev–Trinajstić information content (AvgIpc) is 2.54. The van der Waals surface area contributed by atoms with Crippen molar-refractivity contribution in [3.63, 3.8) is 0 Å². The second-order valence-corrected chi connectivity index (χ2v) is 6.57. The highest BCUT2D eigenvalue weighted by Crippen LogP contribution is 2.23. The topological polar surface area (TPSA) is 82.2 Å². The lowest BCUT2D eigenvalue weighted by Gasteiger charge is -2.25. The number of benzene rings is 1. The molecule has 2 atom stereocenters. The zero-order chi connectivity index (χ0) is 17.3. The Balaban J connectivity index is 1.80. The number of halogens is 1. The van der Waals surface area contributed by atoms with E-state index in [9.17, 15) is 19.1 Å². The van der Waals surface area contributed by atoms with Gasteiger partial charge in [0.25, 0.3) is 5.91 Å². The van der Waals surface area contributed by atoms with Crippen LogP contribution in [0.15, 0.2) is 23.1 Å². The Morgan fingerprint density at radius 3 is 2.96 bits per heavy atom. The van der Waals surface area contributed by atoms with E-state index in [1.165, 1.54) is 12.3 Å². The molecule has 3 N–H and O–H groups in total. The second kappa shape index (κ2) is 6.73. The van der Waals surface area contributed by atoms with Crippen molar-refractivity contribution >= 4 is 16.8 Å². The van der Waals surface area contributed by atoms with Gasteiger partial charge in [-0.3, -0.25) is 9.59 Å². The van der Waals surface area contributed by atoms with Crippen LogP contribution < -0.4 is 10.7 Å². The normalized spacial score (nSPS) is 21.0.